The van der Waals surface area contributed by atoms with Gasteiger partial charge in [0, 0.05) is 12.0 Å². The summed E-state index contributed by atoms with van der Waals surface area (Å²) in [6.07, 6.45) is 2.51. The predicted molar refractivity (Wildman–Crippen MR) is 141 cm³/mol. The van der Waals surface area contributed by atoms with Crippen molar-refractivity contribution in [3.05, 3.63) is 94.4 Å². The van der Waals surface area contributed by atoms with E-state index in [1.54, 1.807) is 0 Å². The Morgan fingerprint density at radius 3 is 2.58 bits per heavy atom. The maximum Gasteiger partial charge on any atom is 0.303 e. The minimum atomic E-state index is -0.753. The van der Waals surface area contributed by atoms with Gasteiger partial charge in [-0.25, -0.2) is 4.98 Å². The van der Waals surface area contributed by atoms with Crippen molar-refractivity contribution in [1.82, 2.24) is 4.98 Å². The van der Waals surface area contributed by atoms with Gasteiger partial charge in [0.25, 0.3) is 0 Å². The van der Waals surface area contributed by atoms with Gasteiger partial charge in [-0.2, -0.15) is 0 Å². The van der Waals surface area contributed by atoms with E-state index in [1.807, 2.05) is 37.3 Å². The summed E-state index contributed by atoms with van der Waals surface area (Å²) >= 11 is 0. The van der Waals surface area contributed by atoms with Crippen molar-refractivity contribution >= 4 is 5.97 Å². The van der Waals surface area contributed by atoms with E-state index in [1.165, 1.54) is 16.7 Å². The second kappa shape index (κ2) is 10.0. The topological polar surface area (TPSA) is 72.6 Å². The first-order chi connectivity index (χ1) is 17.4. The normalized spacial score (nSPS) is 14.6. The van der Waals surface area contributed by atoms with E-state index in [0.29, 0.717) is 18.9 Å². The second-order valence-corrected chi connectivity index (χ2v) is 9.66. The number of nitrogens with zero attached hydrogens (tertiary/aromatic N) is 1. The molecule has 0 spiro atoms. The minimum absolute atomic E-state index is 0.0253. The number of aromatic nitrogens is 1. The van der Waals surface area contributed by atoms with Gasteiger partial charge in [0.05, 0.1) is 18.7 Å². The Morgan fingerprint density at radius 1 is 1.03 bits per heavy atom. The molecule has 5 rings (SSSR count). The number of aryl methyl sites for hydroxylation is 4. The lowest BCUT2D eigenvalue weighted by Gasteiger charge is -2.18. The largest absolute Gasteiger partial charge is 0.493 e. The Morgan fingerprint density at radius 2 is 1.83 bits per heavy atom. The van der Waals surface area contributed by atoms with Gasteiger partial charge in [-0.05, 0) is 97.2 Å². The number of rotatable bonds is 8. The van der Waals surface area contributed by atoms with E-state index in [-0.39, 0.29) is 12.3 Å². The fourth-order valence-electron chi connectivity index (χ4n) is 5.12. The molecule has 0 aliphatic heterocycles. The summed E-state index contributed by atoms with van der Waals surface area (Å²) < 4.78 is 12.1. The molecule has 3 aromatic carbocycles. The van der Waals surface area contributed by atoms with Crippen LogP contribution in [0.1, 0.15) is 52.5 Å². The van der Waals surface area contributed by atoms with Gasteiger partial charge in [-0.15, -0.1) is 0 Å². The number of fused-ring (bicyclic) bond motifs is 1. The zero-order chi connectivity index (χ0) is 25.2. The van der Waals surface area contributed by atoms with E-state index < -0.39 is 5.97 Å². The molecule has 1 unspecified atom stereocenters. The third-order valence-corrected chi connectivity index (χ3v) is 7.17. The summed E-state index contributed by atoms with van der Waals surface area (Å²) in [4.78, 5) is 16.2. The number of oxazole rings is 1. The summed E-state index contributed by atoms with van der Waals surface area (Å²) in [5, 5.41) is 9.48. The van der Waals surface area contributed by atoms with Crippen molar-refractivity contribution in [1.29, 1.82) is 0 Å². The summed E-state index contributed by atoms with van der Waals surface area (Å²) in [6.45, 7) is 6.62. The van der Waals surface area contributed by atoms with Crippen molar-refractivity contribution < 1.29 is 19.1 Å². The highest BCUT2D eigenvalue weighted by molar-refractivity contribution is 5.76. The van der Waals surface area contributed by atoms with Crippen molar-refractivity contribution in [2.75, 3.05) is 6.61 Å². The third kappa shape index (κ3) is 4.92. The molecule has 0 saturated heterocycles. The van der Waals surface area contributed by atoms with Gasteiger partial charge in [0.15, 0.2) is 0 Å². The van der Waals surface area contributed by atoms with Crippen LogP contribution in [0.4, 0.5) is 0 Å². The van der Waals surface area contributed by atoms with Crippen molar-refractivity contribution in [3.8, 4) is 28.3 Å². The molecule has 5 nitrogen and oxygen atoms in total. The molecular formula is C31H31NO4. The van der Waals surface area contributed by atoms with Crippen LogP contribution in [0.3, 0.4) is 0 Å². The Hall–Kier alpha value is -3.86. The summed E-state index contributed by atoms with van der Waals surface area (Å²) in [5.41, 5.74) is 8.85. The van der Waals surface area contributed by atoms with Gasteiger partial charge in [0.2, 0.25) is 5.89 Å². The van der Waals surface area contributed by atoms with Crippen LogP contribution in [0.5, 0.6) is 5.75 Å². The first-order valence-electron chi connectivity index (χ1n) is 12.5. The number of hydrogen-bond donors (Lipinski definition) is 1. The highest BCUT2D eigenvalue weighted by atomic mass is 16.5. The second-order valence-electron chi connectivity index (χ2n) is 9.66. The molecule has 0 radical (unpaired) electrons. The van der Waals surface area contributed by atoms with Crippen LogP contribution in [0.25, 0.3) is 22.6 Å². The Labute approximate surface area is 211 Å². The molecule has 4 aromatic rings. The Balaban J connectivity index is 1.39. The average molecular weight is 482 g/mol. The molecule has 1 N–H and O–H groups in total. The lowest BCUT2D eigenvalue weighted by Crippen LogP contribution is -2.06. The highest BCUT2D eigenvalue weighted by Gasteiger charge is 2.29. The zero-order valence-electron chi connectivity index (χ0n) is 21.0. The fraction of sp³-hybridized carbons (Fsp3) is 0.290. The summed E-state index contributed by atoms with van der Waals surface area (Å²) in [6, 6.07) is 20.5. The number of carboxylic acids is 1. The standard InChI is InChI=1S/C31H31NO4/c1-19-9-10-23(15-20(19)2)27-18-26(16-24-11-12-25(30(24)27)17-29(33)34)35-14-13-28-21(3)36-31(32-28)22-7-5-4-6-8-22/h4-10,15-16,18,25H,11-14,17H2,1-3H3,(H,33,34). The molecule has 0 amide bonds. The Kier molecular flexibility index (Phi) is 6.64. The van der Waals surface area contributed by atoms with Crippen LogP contribution in [0.2, 0.25) is 0 Å². The minimum Gasteiger partial charge on any atom is -0.493 e. The Bertz CT molecular complexity index is 1400. The van der Waals surface area contributed by atoms with Crippen molar-refractivity contribution in [3.63, 3.8) is 0 Å². The maximum absolute atomic E-state index is 11.5. The number of hydrogen-bond acceptors (Lipinski definition) is 4. The molecule has 184 valence electrons. The molecule has 1 aliphatic rings. The van der Waals surface area contributed by atoms with E-state index in [4.69, 9.17) is 9.15 Å². The predicted octanol–water partition coefficient (Wildman–Crippen LogP) is 7.06. The third-order valence-electron chi connectivity index (χ3n) is 7.17. The van der Waals surface area contributed by atoms with E-state index in [2.05, 4.69) is 49.2 Å². The number of ether oxygens (including phenoxy) is 1. The molecule has 1 heterocycles. The van der Waals surface area contributed by atoms with Crippen LogP contribution in [-0.4, -0.2) is 22.7 Å². The van der Waals surface area contributed by atoms with Crippen LogP contribution in [-0.2, 0) is 17.6 Å². The molecule has 1 aliphatic carbocycles. The maximum atomic E-state index is 11.5. The average Bonchev–Trinajstić information content (AvgIpc) is 3.44. The molecule has 1 atom stereocenters. The SMILES string of the molecule is Cc1ccc(-c2cc(OCCc3nc(-c4ccccc4)oc3C)cc3c2C(CC(=O)O)CC3)cc1C. The number of carboxylic acid groups (broad SMARTS) is 1. The molecular weight excluding hydrogens is 450 g/mol. The number of benzene rings is 3. The van der Waals surface area contributed by atoms with Crippen molar-refractivity contribution in [2.45, 2.75) is 52.4 Å². The molecule has 1 aromatic heterocycles. The summed E-state index contributed by atoms with van der Waals surface area (Å²) in [7, 11) is 0. The van der Waals surface area contributed by atoms with Gasteiger partial charge in [-0.3, -0.25) is 4.79 Å². The van der Waals surface area contributed by atoms with E-state index in [9.17, 15) is 9.90 Å². The van der Waals surface area contributed by atoms with Gasteiger partial charge < -0.3 is 14.3 Å². The van der Waals surface area contributed by atoms with Gasteiger partial charge in [0.1, 0.15) is 11.5 Å². The number of carbonyl (C=O) groups is 1. The number of aliphatic carboxylic acids is 1. The smallest absolute Gasteiger partial charge is 0.303 e. The molecule has 5 heteroatoms. The molecule has 0 bridgehead atoms. The quantitative estimate of drug-likeness (QED) is 0.292. The summed E-state index contributed by atoms with van der Waals surface area (Å²) in [5.74, 6) is 1.51. The lowest BCUT2D eigenvalue weighted by molar-refractivity contribution is -0.137. The molecule has 0 fully saturated rings. The van der Waals surface area contributed by atoms with Gasteiger partial charge >= 0.3 is 5.97 Å². The van der Waals surface area contributed by atoms with Crippen LogP contribution >= 0.6 is 0 Å². The van der Waals surface area contributed by atoms with Crippen LogP contribution < -0.4 is 4.74 Å². The zero-order valence-corrected chi connectivity index (χ0v) is 21.0. The van der Waals surface area contributed by atoms with Crippen molar-refractivity contribution in [2.24, 2.45) is 0 Å². The van der Waals surface area contributed by atoms with E-state index >= 15 is 0 Å². The monoisotopic (exact) mass is 481 g/mol. The van der Waals surface area contributed by atoms with Gasteiger partial charge in [-0.1, -0.05) is 36.4 Å². The lowest BCUT2D eigenvalue weighted by atomic mass is 9.88. The first kappa shape index (κ1) is 23.9. The van der Waals surface area contributed by atoms with E-state index in [0.717, 1.165) is 52.3 Å². The fourth-order valence-corrected chi connectivity index (χ4v) is 5.12. The highest BCUT2D eigenvalue weighted by Crippen LogP contribution is 2.44. The molecule has 36 heavy (non-hydrogen) atoms. The first-order valence-corrected chi connectivity index (χ1v) is 12.5. The van der Waals surface area contributed by atoms with Crippen LogP contribution in [0, 0.1) is 20.8 Å². The molecule has 0 saturated carbocycles. The van der Waals surface area contributed by atoms with Crippen LogP contribution in [0.15, 0.2) is 65.1 Å².